The van der Waals surface area contributed by atoms with Crippen molar-refractivity contribution in [1.82, 2.24) is 19.7 Å². The third-order valence-corrected chi connectivity index (χ3v) is 3.84. The van der Waals surface area contributed by atoms with Gasteiger partial charge in [-0.25, -0.2) is 0 Å². The molecular weight excluding hydrogens is 301 g/mol. The molecule has 2 aromatic rings. The Hall–Kier alpha value is -1.83. The smallest absolute Gasteiger partial charge is 0.298 e. The molecule has 112 valence electrons. The molecule has 0 amide bonds. The first-order valence-corrected chi connectivity index (χ1v) is 6.99. The Labute approximate surface area is 124 Å². The molecule has 0 spiro atoms. The molecule has 0 aliphatic carbocycles. The van der Waals surface area contributed by atoms with E-state index in [1.165, 1.54) is 0 Å². The summed E-state index contributed by atoms with van der Waals surface area (Å²) in [6, 6.07) is 3.45. The molecule has 0 radical (unpaired) electrons. The maximum absolute atomic E-state index is 12.7. The molecule has 2 rings (SSSR count). The van der Waals surface area contributed by atoms with Gasteiger partial charge in [0.25, 0.3) is 0 Å². The molecule has 0 aromatic carbocycles. The molecule has 1 atom stereocenters. The molecule has 0 N–H and O–H groups in total. The fourth-order valence-electron chi connectivity index (χ4n) is 1.61. The first kappa shape index (κ1) is 15.6. The van der Waals surface area contributed by atoms with Crippen molar-refractivity contribution >= 4 is 11.8 Å². The standard InChI is InChI=1S/C13H13F3N4S/c1-3-8-20-11(10-4-6-17-7-5-10)18-19-12(20)21-9(2)13(14,15)16/h3-7,9H,1,8H2,2H3. The Bertz CT molecular complexity index is 610. The summed E-state index contributed by atoms with van der Waals surface area (Å²) in [6.45, 7) is 5.05. The van der Waals surface area contributed by atoms with E-state index in [-0.39, 0.29) is 5.16 Å². The molecule has 0 saturated carbocycles. The fraction of sp³-hybridized carbons (Fsp3) is 0.308. The summed E-state index contributed by atoms with van der Waals surface area (Å²) in [7, 11) is 0. The van der Waals surface area contributed by atoms with Gasteiger partial charge in [-0.1, -0.05) is 17.8 Å². The molecule has 8 heteroatoms. The predicted molar refractivity (Wildman–Crippen MR) is 74.8 cm³/mol. The van der Waals surface area contributed by atoms with Gasteiger partial charge in [0.15, 0.2) is 11.0 Å². The fourth-order valence-corrected chi connectivity index (χ4v) is 2.44. The van der Waals surface area contributed by atoms with Crippen molar-refractivity contribution < 1.29 is 13.2 Å². The van der Waals surface area contributed by atoms with Gasteiger partial charge in [-0.3, -0.25) is 9.55 Å². The van der Waals surface area contributed by atoms with Gasteiger partial charge >= 0.3 is 6.18 Å². The second-order valence-electron chi connectivity index (χ2n) is 4.24. The van der Waals surface area contributed by atoms with Gasteiger partial charge in [0, 0.05) is 24.5 Å². The van der Waals surface area contributed by atoms with E-state index in [9.17, 15) is 13.2 Å². The molecule has 2 heterocycles. The van der Waals surface area contributed by atoms with Gasteiger partial charge in [-0.2, -0.15) is 13.2 Å². The van der Waals surface area contributed by atoms with Gasteiger partial charge in [-0.05, 0) is 19.1 Å². The summed E-state index contributed by atoms with van der Waals surface area (Å²) in [5, 5.41) is 6.52. The molecule has 21 heavy (non-hydrogen) atoms. The lowest BCUT2D eigenvalue weighted by atomic mass is 10.2. The quantitative estimate of drug-likeness (QED) is 0.625. The van der Waals surface area contributed by atoms with Gasteiger partial charge in [0.05, 0.1) is 0 Å². The zero-order valence-electron chi connectivity index (χ0n) is 11.2. The van der Waals surface area contributed by atoms with E-state index in [1.54, 1.807) is 35.2 Å². The van der Waals surface area contributed by atoms with E-state index < -0.39 is 11.4 Å². The van der Waals surface area contributed by atoms with Crippen LogP contribution in [0.15, 0.2) is 42.3 Å². The molecule has 2 aromatic heterocycles. The molecule has 0 bridgehead atoms. The highest BCUT2D eigenvalue weighted by atomic mass is 32.2. The topological polar surface area (TPSA) is 43.6 Å². The maximum atomic E-state index is 12.7. The Balaban J connectivity index is 2.35. The van der Waals surface area contributed by atoms with Crippen molar-refractivity contribution in [2.75, 3.05) is 0 Å². The number of aromatic nitrogens is 4. The molecule has 0 aliphatic heterocycles. The van der Waals surface area contributed by atoms with Crippen LogP contribution in [0.4, 0.5) is 13.2 Å². The lowest BCUT2D eigenvalue weighted by Crippen LogP contribution is -2.22. The summed E-state index contributed by atoms with van der Waals surface area (Å²) in [5.41, 5.74) is 0.742. The van der Waals surface area contributed by atoms with Crippen molar-refractivity contribution in [3.05, 3.63) is 37.2 Å². The van der Waals surface area contributed by atoms with Gasteiger partial charge in [0.2, 0.25) is 0 Å². The van der Waals surface area contributed by atoms with E-state index in [0.717, 1.165) is 12.5 Å². The summed E-state index contributed by atoms with van der Waals surface area (Å²) >= 11 is 0.634. The van der Waals surface area contributed by atoms with E-state index >= 15 is 0 Å². The average Bonchev–Trinajstić information content (AvgIpc) is 2.82. The molecule has 0 saturated heterocycles. The first-order chi connectivity index (χ1) is 9.93. The van der Waals surface area contributed by atoms with Crippen LogP contribution in [-0.4, -0.2) is 31.2 Å². The number of hydrogen-bond acceptors (Lipinski definition) is 4. The van der Waals surface area contributed by atoms with Crippen molar-refractivity contribution in [3.63, 3.8) is 0 Å². The number of pyridine rings is 1. The third-order valence-electron chi connectivity index (χ3n) is 2.71. The largest absolute Gasteiger partial charge is 0.400 e. The normalized spacial score (nSPS) is 13.1. The minimum Gasteiger partial charge on any atom is -0.298 e. The highest BCUT2D eigenvalue weighted by molar-refractivity contribution is 7.99. The van der Waals surface area contributed by atoms with E-state index in [2.05, 4.69) is 21.8 Å². The van der Waals surface area contributed by atoms with Crippen molar-refractivity contribution in [2.24, 2.45) is 0 Å². The minimum atomic E-state index is -4.29. The number of allylic oxidation sites excluding steroid dienone is 1. The Morgan fingerprint density at radius 3 is 2.57 bits per heavy atom. The number of alkyl halides is 3. The van der Waals surface area contributed by atoms with Crippen molar-refractivity contribution in [3.8, 4) is 11.4 Å². The minimum absolute atomic E-state index is 0.214. The monoisotopic (exact) mass is 314 g/mol. The predicted octanol–water partition coefficient (Wildman–Crippen LogP) is 3.57. The molecule has 0 aliphatic rings. The zero-order chi connectivity index (χ0) is 15.5. The van der Waals surface area contributed by atoms with Gasteiger partial charge < -0.3 is 0 Å². The van der Waals surface area contributed by atoms with E-state index in [1.807, 2.05) is 0 Å². The van der Waals surface area contributed by atoms with Crippen molar-refractivity contribution in [2.45, 2.75) is 30.1 Å². The number of nitrogens with zero attached hydrogens (tertiary/aromatic N) is 4. The molecular formula is C13H13F3N4S. The molecule has 4 nitrogen and oxygen atoms in total. The van der Waals surface area contributed by atoms with Crippen LogP contribution in [0.2, 0.25) is 0 Å². The molecule has 0 fully saturated rings. The van der Waals surface area contributed by atoms with Crippen LogP contribution in [0.25, 0.3) is 11.4 Å². The van der Waals surface area contributed by atoms with Crippen LogP contribution < -0.4 is 0 Å². The summed E-state index contributed by atoms with van der Waals surface area (Å²) in [4.78, 5) is 3.90. The van der Waals surface area contributed by atoms with Crippen molar-refractivity contribution in [1.29, 1.82) is 0 Å². The lowest BCUT2D eigenvalue weighted by molar-refractivity contribution is -0.125. The number of thioether (sulfide) groups is 1. The lowest BCUT2D eigenvalue weighted by Gasteiger charge is -2.15. The van der Waals surface area contributed by atoms with Crippen LogP contribution in [-0.2, 0) is 6.54 Å². The van der Waals surface area contributed by atoms with E-state index in [0.29, 0.717) is 24.1 Å². The summed E-state index contributed by atoms with van der Waals surface area (Å²) in [6.07, 6.45) is 0.490. The first-order valence-electron chi connectivity index (χ1n) is 6.11. The highest BCUT2D eigenvalue weighted by Crippen LogP contribution is 2.35. The van der Waals surface area contributed by atoms with Crippen LogP contribution >= 0.6 is 11.8 Å². The molecule has 1 unspecified atom stereocenters. The number of halogens is 3. The van der Waals surface area contributed by atoms with Crippen LogP contribution in [0.3, 0.4) is 0 Å². The van der Waals surface area contributed by atoms with Crippen LogP contribution in [0, 0.1) is 0 Å². The Morgan fingerprint density at radius 2 is 2.00 bits per heavy atom. The Morgan fingerprint density at radius 1 is 1.33 bits per heavy atom. The highest BCUT2D eigenvalue weighted by Gasteiger charge is 2.38. The van der Waals surface area contributed by atoms with Crippen LogP contribution in [0.1, 0.15) is 6.92 Å². The summed E-state index contributed by atoms with van der Waals surface area (Å²) < 4.78 is 39.6. The second kappa shape index (κ2) is 6.30. The van der Waals surface area contributed by atoms with Gasteiger partial charge in [0.1, 0.15) is 5.25 Å². The summed E-state index contributed by atoms with van der Waals surface area (Å²) in [5.74, 6) is 0.495. The third kappa shape index (κ3) is 3.63. The maximum Gasteiger partial charge on any atom is 0.400 e. The average molecular weight is 314 g/mol. The second-order valence-corrected chi connectivity index (χ2v) is 5.55. The zero-order valence-corrected chi connectivity index (χ0v) is 12.0. The number of rotatable bonds is 5. The van der Waals surface area contributed by atoms with Gasteiger partial charge in [-0.15, -0.1) is 16.8 Å². The SMILES string of the molecule is C=CCn1c(SC(C)C(F)(F)F)nnc1-c1ccncc1. The van der Waals surface area contributed by atoms with E-state index in [4.69, 9.17) is 0 Å². The number of hydrogen-bond donors (Lipinski definition) is 0. The Kier molecular flexibility index (Phi) is 4.66. The van der Waals surface area contributed by atoms with Crippen LogP contribution in [0.5, 0.6) is 0 Å².